The summed E-state index contributed by atoms with van der Waals surface area (Å²) in [5, 5.41) is 3.46. The van der Waals surface area contributed by atoms with Crippen LogP contribution in [0.4, 0.5) is 0 Å². The van der Waals surface area contributed by atoms with Crippen LogP contribution in [0.25, 0.3) is 0 Å². The summed E-state index contributed by atoms with van der Waals surface area (Å²) >= 11 is 1.99. The number of nitrogens with zero attached hydrogens (tertiary/aromatic N) is 1. The van der Waals surface area contributed by atoms with Gasteiger partial charge in [0.05, 0.1) is 0 Å². The predicted molar refractivity (Wildman–Crippen MR) is 80.3 cm³/mol. The minimum absolute atomic E-state index is 0.790. The maximum Gasteiger partial charge on any atom is 0.0330 e. The average Bonchev–Trinajstić information content (AvgIpc) is 2.87. The van der Waals surface area contributed by atoms with Crippen LogP contribution >= 0.6 is 11.3 Å². The molecule has 0 saturated carbocycles. The Hall–Kier alpha value is -0.380. The molecular weight excluding hydrogens is 240 g/mol. The molecule has 3 heteroatoms. The molecule has 2 rings (SSSR count). The van der Waals surface area contributed by atoms with E-state index in [9.17, 15) is 0 Å². The first-order valence-electron chi connectivity index (χ1n) is 7.35. The highest BCUT2D eigenvalue weighted by atomic mass is 32.1. The van der Waals surface area contributed by atoms with Crippen molar-refractivity contribution in [3.8, 4) is 0 Å². The third-order valence-corrected chi connectivity index (χ3v) is 4.97. The average molecular weight is 266 g/mol. The third-order valence-electron chi connectivity index (χ3n) is 3.76. The summed E-state index contributed by atoms with van der Waals surface area (Å²) in [4.78, 5) is 5.76. The molecule has 1 aromatic heterocycles. The molecule has 1 aliphatic heterocycles. The van der Waals surface area contributed by atoms with Gasteiger partial charge in [-0.25, -0.2) is 0 Å². The van der Waals surface area contributed by atoms with Gasteiger partial charge in [0.2, 0.25) is 0 Å². The molecule has 18 heavy (non-hydrogen) atoms. The van der Waals surface area contributed by atoms with E-state index in [1.807, 2.05) is 11.3 Å². The summed E-state index contributed by atoms with van der Waals surface area (Å²) in [6.07, 6.45) is 5.06. The molecule has 2 nitrogen and oxygen atoms in total. The largest absolute Gasteiger partial charge is 0.317 e. The summed E-state index contributed by atoms with van der Waals surface area (Å²) in [5.74, 6) is 0. The quantitative estimate of drug-likeness (QED) is 0.850. The lowest BCUT2D eigenvalue weighted by Gasteiger charge is -2.34. The molecular formula is C15H26N2S. The number of thiophene rings is 1. The van der Waals surface area contributed by atoms with Crippen LogP contribution in [-0.4, -0.2) is 30.6 Å². The van der Waals surface area contributed by atoms with E-state index in [1.54, 1.807) is 4.88 Å². The number of rotatable bonds is 6. The number of hydrogen-bond donors (Lipinski definition) is 1. The Morgan fingerprint density at radius 2 is 1.94 bits per heavy atom. The van der Waals surface area contributed by atoms with Crippen LogP contribution in [0.15, 0.2) is 12.1 Å². The lowest BCUT2D eigenvalue weighted by Crippen LogP contribution is -2.42. The molecule has 0 aromatic carbocycles. The Kier molecular flexibility index (Phi) is 5.67. The van der Waals surface area contributed by atoms with Crippen molar-refractivity contribution >= 4 is 11.3 Å². The molecule has 0 spiro atoms. The zero-order chi connectivity index (χ0) is 12.8. The van der Waals surface area contributed by atoms with Crippen LogP contribution in [0.2, 0.25) is 0 Å². The van der Waals surface area contributed by atoms with E-state index in [2.05, 4.69) is 36.2 Å². The van der Waals surface area contributed by atoms with Crippen molar-refractivity contribution in [3.63, 3.8) is 0 Å². The van der Waals surface area contributed by atoms with Gasteiger partial charge in [0.25, 0.3) is 0 Å². The Balaban J connectivity index is 1.95. The third kappa shape index (κ3) is 3.81. The fourth-order valence-corrected chi connectivity index (χ4v) is 3.73. The Labute approximate surface area is 115 Å². The first-order chi connectivity index (χ1) is 8.83. The lowest BCUT2D eigenvalue weighted by molar-refractivity contribution is 0.155. The highest BCUT2D eigenvalue weighted by Gasteiger charge is 2.20. The summed E-state index contributed by atoms with van der Waals surface area (Å²) in [6, 6.07) is 5.41. The van der Waals surface area contributed by atoms with Gasteiger partial charge in [-0.05, 0) is 57.5 Å². The number of aryl methyl sites for hydroxylation is 1. The van der Waals surface area contributed by atoms with E-state index in [1.165, 1.54) is 50.2 Å². The number of piperidine rings is 1. The molecule has 1 aliphatic rings. The number of nitrogens with one attached hydrogen (secondary N) is 1. The predicted octanol–water partition coefficient (Wildman–Crippen LogP) is 3.27. The van der Waals surface area contributed by atoms with Crippen LogP contribution < -0.4 is 5.32 Å². The van der Waals surface area contributed by atoms with Gasteiger partial charge < -0.3 is 5.32 Å². The molecule has 0 bridgehead atoms. The fourth-order valence-electron chi connectivity index (χ4n) is 2.75. The molecule has 1 saturated heterocycles. The maximum absolute atomic E-state index is 3.46. The second-order valence-corrected chi connectivity index (χ2v) is 6.43. The monoisotopic (exact) mass is 266 g/mol. The zero-order valence-corrected chi connectivity index (χ0v) is 12.6. The van der Waals surface area contributed by atoms with E-state index in [4.69, 9.17) is 0 Å². The van der Waals surface area contributed by atoms with Crippen molar-refractivity contribution < 1.29 is 0 Å². The minimum Gasteiger partial charge on any atom is -0.317 e. The van der Waals surface area contributed by atoms with E-state index < -0.39 is 0 Å². The Morgan fingerprint density at radius 1 is 1.22 bits per heavy atom. The first-order valence-corrected chi connectivity index (χ1v) is 8.17. The van der Waals surface area contributed by atoms with Gasteiger partial charge in [0, 0.05) is 22.3 Å². The molecule has 102 valence electrons. The Morgan fingerprint density at radius 3 is 2.56 bits per heavy atom. The van der Waals surface area contributed by atoms with Crippen molar-refractivity contribution in [1.29, 1.82) is 0 Å². The molecule has 1 N–H and O–H groups in total. The highest BCUT2D eigenvalue weighted by Crippen LogP contribution is 2.22. The summed E-state index contributed by atoms with van der Waals surface area (Å²) in [5.41, 5.74) is 0. The van der Waals surface area contributed by atoms with Gasteiger partial charge in [0.15, 0.2) is 0 Å². The molecule has 1 aromatic rings. The summed E-state index contributed by atoms with van der Waals surface area (Å²) < 4.78 is 0. The molecule has 0 aliphatic carbocycles. The standard InChI is InChI=1S/C15H26N2S/c1-3-11-17(13-7-9-16-10-8-13)12-15-6-5-14(4-2)18-15/h5-6,13,16H,3-4,7-12H2,1-2H3. The second-order valence-electron chi connectivity index (χ2n) is 5.17. The van der Waals surface area contributed by atoms with Gasteiger partial charge >= 0.3 is 0 Å². The van der Waals surface area contributed by atoms with Gasteiger partial charge in [-0.2, -0.15) is 0 Å². The van der Waals surface area contributed by atoms with Crippen LogP contribution in [0.3, 0.4) is 0 Å². The lowest BCUT2D eigenvalue weighted by atomic mass is 10.0. The van der Waals surface area contributed by atoms with Gasteiger partial charge in [-0.1, -0.05) is 13.8 Å². The van der Waals surface area contributed by atoms with Crippen molar-refractivity contribution in [2.75, 3.05) is 19.6 Å². The van der Waals surface area contributed by atoms with E-state index >= 15 is 0 Å². The molecule has 0 atom stereocenters. The van der Waals surface area contributed by atoms with Crippen molar-refractivity contribution in [2.24, 2.45) is 0 Å². The number of hydrogen-bond acceptors (Lipinski definition) is 3. The van der Waals surface area contributed by atoms with Gasteiger partial charge in [-0.15, -0.1) is 11.3 Å². The summed E-state index contributed by atoms with van der Waals surface area (Å²) in [6.45, 7) is 9.31. The van der Waals surface area contributed by atoms with Crippen LogP contribution in [0, 0.1) is 0 Å². The molecule has 0 amide bonds. The van der Waals surface area contributed by atoms with E-state index in [-0.39, 0.29) is 0 Å². The van der Waals surface area contributed by atoms with Crippen molar-refractivity contribution in [1.82, 2.24) is 10.2 Å². The first kappa shape index (κ1) is 14.0. The molecule has 0 unspecified atom stereocenters. The van der Waals surface area contributed by atoms with Crippen LogP contribution in [0.5, 0.6) is 0 Å². The van der Waals surface area contributed by atoms with Crippen molar-refractivity contribution in [2.45, 2.75) is 52.1 Å². The zero-order valence-electron chi connectivity index (χ0n) is 11.7. The minimum atomic E-state index is 0.790. The normalized spacial score (nSPS) is 17.5. The van der Waals surface area contributed by atoms with Gasteiger partial charge in [0.1, 0.15) is 0 Å². The molecule has 0 radical (unpaired) electrons. The van der Waals surface area contributed by atoms with Crippen LogP contribution in [0.1, 0.15) is 42.9 Å². The fraction of sp³-hybridized carbons (Fsp3) is 0.733. The Bertz CT molecular complexity index is 342. The van der Waals surface area contributed by atoms with E-state index in [0.717, 1.165) is 12.6 Å². The van der Waals surface area contributed by atoms with Crippen molar-refractivity contribution in [3.05, 3.63) is 21.9 Å². The topological polar surface area (TPSA) is 15.3 Å². The highest BCUT2D eigenvalue weighted by molar-refractivity contribution is 7.11. The summed E-state index contributed by atoms with van der Waals surface area (Å²) in [7, 11) is 0. The van der Waals surface area contributed by atoms with Gasteiger partial charge in [-0.3, -0.25) is 4.90 Å². The van der Waals surface area contributed by atoms with E-state index in [0.29, 0.717) is 0 Å². The maximum atomic E-state index is 3.46. The van der Waals surface area contributed by atoms with Crippen LogP contribution in [-0.2, 0) is 13.0 Å². The molecule has 1 fully saturated rings. The SMILES string of the molecule is CCCN(Cc1ccc(CC)s1)C1CCNCC1. The molecule has 2 heterocycles. The second kappa shape index (κ2) is 7.27. The smallest absolute Gasteiger partial charge is 0.0330 e.